The number of rotatable bonds is 5. The molecule has 1 aromatic rings. The Bertz CT molecular complexity index is 522. The standard InChI is InChI=1S/C14H17F3N2O3/c15-14(16,17)8-22-12-6-9(4-5-18-12)7-19-13(21)10-2-1-3-11(10)20/h4-6,10-11,20H,1-3,7-8H2,(H,19,21). The van der Waals surface area contributed by atoms with E-state index in [1.807, 2.05) is 0 Å². The maximum Gasteiger partial charge on any atom is 0.422 e. The van der Waals surface area contributed by atoms with Crippen LogP contribution in [0.2, 0.25) is 0 Å². The van der Waals surface area contributed by atoms with Gasteiger partial charge in [0.1, 0.15) is 0 Å². The smallest absolute Gasteiger partial charge is 0.422 e. The molecular weight excluding hydrogens is 301 g/mol. The van der Waals surface area contributed by atoms with Gasteiger partial charge in [-0.2, -0.15) is 13.2 Å². The number of carbonyl (C=O) groups excluding carboxylic acids is 1. The highest BCUT2D eigenvalue weighted by Gasteiger charge is 2.31. The molecule has 1 amide bonds. The average molecular weight is 318 g/mol. The zero-order valence-corrected chi connectivity index (χ0v) is 11.8. The fourth-order valence-corrected chi connectivity index (χ4v) is 2.36. The van der Waals surface area contributed by atoms with E-state index < -0.39 is 24.8 Å². The molecule has 0 spiro atoms. The Morgan fingerprint density at radius 1 is 1.45 bits per heavy atom. The van der Waals surface area contributed by atoms with Crippen molar-refractivity contribution < 1.29 is 27.8 Å². The molecule has 0 bridgehead atoms. The summed E-state index contributed by atoms with van der Waals surface area (Å²) in [4.78, 5) is 15.6. The summed E-state index contributed by atoms with van der Waals surface area (Å²) in [5, 5.41) is 12.3. The molecule has 2 atom stereocenters. The first kappa shape index (κ1) is 16.5. The Kier molecular flexibility index (Phi) is 5.23. The van der Waals surface area contributed by atoms with E-state index in [0.717, 1.165) is 6.42 Å². The molecule has 122 valence electrons. The van der Waals surface area contributed by atoms with Crippen LogP contribution in [0.5, 0.6) is 5.88 Å². The lowest BCUT2D eigenvalue weighted by Gasteiger charge is -2.14. The molecule has 1 heterocycles. The van der Waals surface area contributed by atoms with Crippen molar-refractivity contribution in [3.05, 3.63) is 23.9 Å². The van der Waals surface area contributed by atoms with Crippen molar-refractivity contribution in [2.24, 2.45) is 5.92 Å². The molecule has 2 unspecified atom stereocenters. The lowest BCUT2D eigenvalue weighted by atomic mass is 10.1. The summed E-state index contributed by atoms with van der Waals surface area (Å²) in [5.41, 5.74) is 0.577. The van der Waals surface area contributed by atoms with Gasteiger partial charge in [0.2, 0.25) is 11.8 Å². The van der Waals surface area contributed by atoms with Crippen molar-refractivity contribution >= 4 is 5.91 Å². The minimum Gasteiger partial charge on any atom is -0.468 e. The normalized spacial score (nSPS) is 21.6. The lowest BCUT2D eigenvalue weighted by Crippen LogP contribution is -2.34. The number of nitrogens with zero attached hydrogens (tertiary/aromatic N) is 1. The molecule has 8 heteroatoms. The minimum atomic E-state index is -4.43. The number of alkyl halides is 3. The number of carbonyl (C=O) groups is 1. The number of aliphatic hydroxyl groups is 1. The number of pyridine rings is 1. The Hall–Kier alpha value is -1.83. The first-order chi connectivity index (χ1) is 10.3. The highest BCUT2D eigenvalue weighted by molar-refractivity contribution is 5.79. The van der Waals surface area contributed by atoms with E-state index in [4.69, 9.17) is 0 Å². The summed E-state index contributed by atoms with van der Waals surface area (Å²) in [6.07, 6.45) is -1.67. The zero-order valence-electron chi connectivity index (χ0n) is 11.8. The molecule has 2 rings (SSSR count). The second-order valence-corrected chi connectivity index (χ2v) is 5.23. The molecule has 5 nitrogen and oxygen atoms in total. The summed E-state index contributed by atoms with van der Waals surface area (Å²) in [6.45, 7) is -1.27. The number of aromatic nitrogens is 1. The number of ether oxygens (including phenoxy) is 1. The van der Waals surface area contributed by atoms with E-state index in [0.29, 0.717) is 18.4 Å². The van der Waals surface area contributed by atoms with Crippen molar-refractivity contribution in [2.75, 3.05) is 6.61 Å². The van der Waals surface area contributed by atoms with Gasteiger partial charge in [-0.15, -0.1) is 0 Å². The molecule has 2 N–H and O–H groups in total. The van der Waals surface area contributed by atoms with Gasteiger partial charge in [-0.3, -0.25) is 4.79 Å². The van der Waals surface area contributed by atoms with Crippen LogP contribution in [0.1, 0.15) is 24.8 Å². The van der Waals surface area contributed by atoms with Crippen molar-refractivity contribution in [1.82, 2.24) is 10.3 Å². The number of hydrogen-bond acceptors (Lipinski definition) is 4. The molecule has 0 aromatic carbocycles. The second-order valence-electron chi connectivity index (χ2n) is 5.23. The van der Waals surface area contributed by atoms with Crippen molar-refractivity contribution in [3.63, 3.8) is 0 Å². The van der Waals surface area contributed by atoms with Crippen molar-refractivity contribution in [1.29, 1.82) is 0 Å². The van der Waals surface area contributed by atoms with Crippen molar-refractivity contribution in [3.8, 4) is 5.88 Å². The minimum absolute atomic E-state index is 0.146. The quantitative estimate of drug-likeness (QED) is 0.868. The molecule has 0 saturated heterocycles. The maximum absolute atomic E-state index is 12.1. The van der Waals surface area contributed by atoms with Crippen molar-refractivity contribution in [2.45, 2.75) is 38.1 Å². The van der Waals surface area contributed by atoms with Crippen LogP contribution in [0, 0.1) is 5.92 Å². The number of hydrogen-bond donors (Lipinski definition) is 2. The number of aliphatic hydroxyl groups excluding tert-OH is 1. The van der Waals surface area contributed by atoms with Gasteiger partial charge in [0.05, 0.1) is 12.0 Å². The van der Waals surface area contributed by atoms with E-state index >= 15 is 0 Å². The van der Waals surface area contributed by atoms with Crippen LogP contribution in [0.3, 0.4) is 0 Å². The molecular formula is C14H17F3N2O3. The highest BCUT2D eigenvalue weighted by atomic mass is 19.4. The van der Waals surface area contributed by atoms with Gasteiger partial charge in [0, 0.05) is 18.8 Å². The first-order valence-electron chi connectivity index (χ1n) is 6.95. The number of nitrogens with one attached hydrogen (secondary N) is 1. The van der Waals surface area contributed by atoms with Gasteiger partial charge in [-0.05, 0) is 30.9 Å². The molecule has 1 aliphatic carbocycles. The predicted molar refractivity (Wildman–Crippen MR) is 71.0 cm³/mol. The summed E-state index contributed by atoms with van der Waals surface area (Å²) in [6, 6.07) is 2.92. The Balaban J connectivity index is 1.86. The largest absolute Gasteiger partial charge is 0.468 e. The molecule has 0 radical (unpaired) electrons. The lowest BCUT2D eigenvalue weighted by molar-refractivity contribution is -0.154. The third-order valence-electron chi connectivity index (χ3n) is 3.47. The Labute approximate surface area is 125 Å². The fourth-order valence-electron chi connectivity index (χ4n) is 2.36. The third kappa shape index (κ3) is 4.87. The van der Waals surface area contributed by atoms with Crippen LogP contribution in [-0.2, 0) is 11.3 Å². The van der Waals surface area contributed by atoms with Crippen LogP contribution in [-0.4, -0.2) is 34.9 Å². The average Bonchev–Trinajstić information content (AvgIpc) is 2.89. The van der Waals surface area contributed by atoms with Gasteiger partial charge in [0.15, 0.2) is 6.61 Å². The highest BCUT2D eigenvalue weighted by Crippen LogP contribution is 2.25. The zero-order chi connectivity index (χ0) is 16.2. The Morgan fingerprint density at radius 2 is 2.23 bits per heavy atom. The van der Waals surface area contributed by atoms with Crippen LogP contribution in [0.4, 0.5) is 13.2 Å². The monoisotopic (exact) mass is 318 g/mol. The van der Waals surface area contributed by atoms with Gasteiger partial charge in [-0.1, -0.05) is 0 Å². The van der Waals surface area contributed by atoms with Gasteiger partial charge in [0.25, 0.3) is 0 Å². The number of halogens is 3. The van der Waals surface area contributed by atoms with Crippen LogP contribution < -0.4 is 10.1 Å². The third-order valence-corrected chi connectivity index (χ3v) is 3.47. The predicted octanol–water partition coefficient (Wildman–Crippen LogP) is 1.80. The van der Waals surface area contributed by atoms with Gasteiger partial charge >= 0.3 is 6.18 Å². The number of amides is 1. The maximum atomic E-state index is 12.1. The summed E-state index contributed by atoms with van der Waals surface area (Å²) in [7, 11) is 0. The van der Waals surface area contributed by atoms with Crippen LogP contribution >= 0.6 is 0 Å². The van der Waals surface area contributed by atoms with E-state index in [2.05, 4.69) is 15.0 Å². The van der Waals surface area contributed by atoms with E-state index in [9.17, 15) is 23.1 Å². The molecule has 1 saturated carbocycles. The SMILES string of the molecule is O=C(NCc1ccnc(OCC(F)(F)F)c1)C1CCCC1O. The molecule has 1 fully saturated rings. The fraction of sp³-hybridized carbons (Fsp3) is 0.571. The first-order valence-corrected chi connectivity index (χ1v) is 6.95. The van der Waals surface area contributed by atoms with E-state index in [-0.39, 0.29) is 18.3 Å². The Morgan fingerprint density at radius 3 is 2.86 bits per heavy atom. The topological polar surface area (TPSA) is 71.5 Å². The molecule has 22 heavy (non-hydrogen) atoms. The van der Waals surface area contributed by atoms with Crippen LogP contribution in [0.15, 0.2) is 18.3 Å². The molecule has 1 aliphatic rings. The molecule has 0 aliphatic heterocycles. The van der Waals surface area contributed by atoms with Gasteiger partial charge < -0.3 is 15.2 Å². The van der Waals surface area contributed by atoms with Gasteiger partial charge in [-0.25, -0.2) is 4.98 Å². The van der Waals surface area contributed by atoms with E-state index in [1.54, 1.807) is 6.07 Å². The van der Waals surface area contributed by atoms with Crippen LogP contribution in [0.25, 0.3) is 0 Å². The van der Waals surface area contributed by atoms with E-state index in [1.165, 1.54) is 12.3 Å². The second kappa shape index (κ2) is 6.95. The summed E-state index contributed by atoms with van der Waals surface area (Å²) < 4.78 is 40.8. The molecule has 1 aromatic heterocycles. The summed E-state index contributed by atoms with van der Waals surface area (Å²) >= 11 is 0. The summed E-state index contributed by atoms with van der Waals surface area (Å²) in [5.74, 6) is -0.813.